The first-order valence-electron chi connectivity index (χ1n) is 6.19. The minimum atomic E-state index is 0.314. The Morgan fingerprint density at radius 1 is 1.19 bits per heavy atom. The van der Waals surface area contributed by atoms with Gasteiger partial charge in [-0.15, -0.1) is 0 Å². The molecule has 1 aromatic rings. The van der Waals surface area contributed by atoms with Gasteiger partial charge in [-0.2, -0.15) is 0 Å². The Kier molecular flexibility index (Phi) is 4.04. The average Bonchev–Trinajstić information content (AvgIpc) is 2.30. The summed E-state index contributed by atoms with van der Waals surface area (Å²) in [4.78, 5) is 0. The van der Waals surface area contributed by atoms with Gasteiger partial charge >= 0.3 is 0 Å². The van der Waals surface area contributed by atoms with Crippen molar-refractivity contribution in [2.75, 3.05) is 0 Å². The first-order chi connectivity index (χ1) is 7.68. The number of hydrogen-bond acceptors (Lipinski definition) is 1. The standard InChI is InChI=1S/C14H20BrN/c1-10(16)13-4-2-3-5-14(13)11-6-8-12(15)9-7-11/h6-10,13-14H,2-5,16H2,1H3. The maximum absolute atomic E-state index is 6.12. The molecule has 3 unspecified atom stereocenters. The molecule has 1 fully saturated rings. The molecule has 2 heteroatoms. The minimum Gasteiger partial charge on any atom is -0.328 e. The molecule has 0 amide bonds. The summed E-state index contributed by atoms with van der Waals surface area (Å²) in [6.45, 7) is 2.15. The van der Waals surface area contributed by atoms with Gasteiger partial charge in [0.2, 0.25) is 0 Å². The third kappa shape index (κ3) is 2.67. The quantitative estimate of drug-likeness (QED) is 0.869. The number of halogens is 1. The first kappa shape index (κ1) is 12.1. The molecule has 0 radical (unpaired) electrons. The molecule has 0 aromatic heterocycles. The molecule has 1 aliphatic rings. The van der Waals surface area contributed by atoms with Crippen LogP contribution in [0.2, 0.25) is 0 Å². The summed E-state index contributed by atoms with van der Waals surface area (Å²) in [5.41, 5.74) is 7.58. The maximum Gasteiger partial charge on any atom is 0.0175 e. The van der Waals surface area contributed by atoms with Gasteiger partial charge in [0.05, 0.1) is 0 Å². The molecule has 0 aliphatic heterocycles. The fourth-order valence-corrected chi connectivity index (χ4v) is 3.18. The van der Waals surface area contributed by atoms with E-state index in [1.165, 1.54) is 31.2 Å². The molecule has 2 rings (SSSR count). The van der Waals surface area contributed by atoms with E-state index in [0.29, 0.717) is 17.9 Å². The van der Waals surface area contributed by atoms with E-state index in [-0.39, 0.29) is 0 Å². The second kappa shape index (κ2) is 5.33. The Hall–Kier alpha value is -0.340. The first-order valence-corrected chi connectivity index (χ1v) is 6.99. The van der Waals surface area contributed by atoms with Gasteiger partial charge in [-0.05, 0) is 49.3 Å². The van der Waals surface area contributed by atoms with Crippen LogP contribution in [0, 0.1) is 5.92 Å². The molecular weight excluding hydrogens is 262 g/mol. The second-order valence-corrected chi connectivity index (χ2v) is 5.88. The molecule has 0 heterocycles. The van der Waals surface area contributed by atoms with Crippen LogP contribution in [0.5, 0.6) is 0 Å². The number of rotatable bonds is 2. The van der Waals surface area contributed by atoms with Crippen LogP contribution in [0.15, 0.2) is 28.7 Å². The van der Waals surface area contributed by atoms with Gasteiger partial charge in [-0.1, -0.05) is 40.9 Å². The molecule has 1 aromatic carbocycles. The molecule has 0 spiro atoms. The monoisotopic (exact) mass is 281 g/mol. The molecule has 0 saturated heterocycles. The summed E-state index contributed by atoms with van der Waals surface area (Å²) in [7, 11) is 0. The lowest BCUT2D eigenvalue weighted by Gasteiger charge is -2.34. The zero-order chi connectivity index (χ0) is 11.5. The van der Waals surface area contributed by atoms with Crippen LogP contribution >= 0.6 is 15.9 Å². The van der Waals surface area contributed by atoms with Gasteiger partial charge in [0.15, 0.2) is 0 Å². The lowest BCUT2D eigenvalue weighted by molar-refractivity contribution is 0.271. The summed E-state index contributed by atoms with van der Waals surface area (Å²) in [5, 5.41) is 0. The largest absolute Gasteiger partial charge is 0.328 e. The highest BCUT2D eigenvalue weighted by Gasteiger charge is 2.28. The van der Waals surface area contributed by atoms with Crippen molar-refractivity contribution >= 4 is 15.9 Å². The predicted molar refractivity (Wildman–Crippen MR) is 72.5 cm³/mol. The van der Waals surface area contributed by atoms with Crippen LogP contribution in [0.25, 0.3) is 0 Å². The Bertz CT molecular complexity index is 331. The number of nitrogens with two attached hydrogens (primary N) is 1. The van der Waals surface area contributed by atoms with Crippen LogP contribution in [-0.2, 0) is 0 Å². The van der Waals surface area contributed by atoms with Crippen LogP contribution in [0.4, 0.5) is 0 Å². The highest BCUT2D eigenvalue weighted by atomic mass is 79.9. The average molecular weight is 282 g/mol. The van der Waals surface area contributed by atoms with Crippen LogP contribution in [-0.4, -0.2) is 6.04 Å². The smallest absolute Gasteiger partial charge is 0.0175 e. The second-order valence-electron chi connectivity index (χ2n) is 4.97. The highest BCUT2D eigenvalue weighted by Crippen LogP contribution is 2.39. The molecule has 16 heavy (non-hydrogen) atoms. The predicted octanol–water partition coefficient (Wildman–Crippen LogP) is 4.07. The maximum atomic E-state index is 6.12. The van der Waals surface area contributed by atoms with E-state index in [2.05, 4.69) is 47.1 Å². The van der Waals surface area contributed by atoms with Crippen molar-refractivity contribution in [1.82, 2.24) is 0 Å². The van der Waals surface area contributed by atoms with Gasteiger partial charge in [0.25, 0.3) is 0 Å². The summed E-state index contributed by atoms with van der Waals surface area (Å²) < 4.78 is 1.16. The third-order valence-electron chi connectivity index (χ3n) is 3.79. The lowest BCUT2D eigenvalue weighted by Crippen LogP contribution is -2.33. The highest BCUT2D eigenvalue weighted by molar-refractivity contribution is 9.10. The lowest BCUT2D eigenvalue weighted by atomic mass is 9.73. The van der Waals surface area contributed by atoms with Crippen LogP contribution in [0.3, 0.4) is 0 Å². The van der Waals surface area contributed by atoms with Crippen molar-refractivity contribution in [3.05, 3.63) is 34.3 Å². The SMILES string of the molecule is CC(N)C1CCCCC1c1ccc(Br)cc1. The van der Waals surface area contributed by atoms with E-state index in [4.69, 9.17) is 5.73 Å². The van der Waals surface area contributed by atoms with Crippen molar-refractivity contribution in [3.63, 3.8) is 0 Å². The van der Waals surface area contributed by atoms with Crippen molar-refractivity contribution < 1.29 is 0 Å². The molecule has 1 aliphatic carbocycles. The number of hydrogen-bond donors (Lipinski definition) is 1. The molecule has 2 N–H and O–H groups in total. The van der Waals surface area contributed by atoms with Crippen molar-refractivity contribution in [2.24, 2.45) is 11.7 Å². The van der Waals surface area contributed by atoms with E-state index >= 15 is 0 Å². The van der Waals surface area contributed by atoms with E-state index in [1.54, 1.807) is 0 Å². The zero-order valence-corrected chi connectivity index (χ0v) is 11.4. The van der Waals surface area contributed by atoms with Crippen molar-refractivity contribution in [1.29, 1.82) is 0 Å². The Balaban J connectivity index is 2.19. The normalized spacial score (nSPS) is 27.7. The summed E-state index contributed by atoms with van der Waals surface area (Å²) in [6, 6.07) is 9.09. The van der Waals surface area contributed by atoms with Crippen molar-refractivity contribution in [3.8, 4) is 0 Å². The van der Waals surface area contributed by atoms with Crippen LogP contribution < -0.4 is 5.73 Å². The Morgan fingerprint density at radius 2 is 1.81 bits per heavy atom. The summed E-state index contributed by atoms with van der Waals surface area (Å²) in [6.07, 6.45) is 5.29. The van der Waals surface area contributed by atoms with E-state index in [1.807, 2.05) is 0 Å². The molecular formula is C14H20BrN. The molecule has 88 valence electrons. The van der Waals surface area contributed by atoms with Gasteiger partial charge in [0, 0.05) is 10.5 Å². The Labute approximate surface area is 107 Å². The van der Waals surface area contributed by atoms with Gasteiger partial charge in [0.1, 0.15) is 0 Å². The van der Waals surface area contributed by atoms with E-state index in [9.17, 15) is 0 Å². The summed E-state index contributed by atoms with van der Waals surface area (Å²) >= 11 is 3.49. The Morgan fingerprint density at radius 3 is 2.44 bits per heavy atom. The molecule has 3 atom stereocenters. The minimum absolute atomic E-state index is 0.314. The summed E-state index contributed by atoms with van der Waals surface area (Å²) in [5.74, 6) is 1.33. The molecule has 0 bridgehead atoms. The fraction of sp³-hybridized carbons (Fsp3) is 0.571. The molecule has 1 nitrogen and oxygen atoms in total. The topological polar surface area (TPSA) is 26.0 Å². The van der Waals surface area contributed by atoms with Crippen molar-refractivity contribution in [2.45, 2.75) is 44.6 Å². The van der Waals surface area contributed by atoms with Gasteiger partial charge in [-0.25, -0.2) is 0 Å². The fourth-order valence-electron chi connectivity index (χ4n) is 2.91. The third-order valence-corrected chi connectivity index (χ3v) is 4.32. The van der Waals surface area contributed by atoms with Crippen LogP contribution in [0.1, 0.15) is 44.1 Å². The zero-order valence-electron chi connectivity index (χ0n) is 9.83. The van der Waals surface area contributed by atoms with Gasteiger partial charge < -0.3 is 5.73 Å². The van der Waals surface area contributed by atoms with E-state index in [0.717, 1.165) is 4.47 Å². The van der Waals surface area contributed by atoms with E-state index < -0.39 is 0 Å². The molecule has 1 saturated carbocycles. The number of benzene rings is 1. The van der Waals surface area contributed by atoms with Gasteiger partial charge in [-0.3, -0.25) is 0 Å².